The van der Waals surface area contributed by atoms with Crippen LogP contribution in [0.15, 0.2) is 41.2 Å². The largest absolute Gasteiger partial charge is 0.311 e. The highest BCUT2D eigenvalue weighted by molar-refractivity contribution is 5.60. The molecule has 0 unspecified atom stereocenters. The Kier molecular flexibility index (Phi) is 1.47. The number of aromatic nitrogens is 1. The molecule has 1 aliphatic heterocycles. The SMILES string of the molecule is Cn1c2cccccc-2cc1=O. The van der Waals surface area contributed by atoms with Gasteiger partial charge in [-0.05, 0) is 6.07 Å². The molecule has 0 radical (unpaired) electrons. The smallest absolute Gasteiger partial charge is 0.251 e. The summed E-state index contributed by atoms with van der Waals surface area (Å²) >= 11 is 0. The molecule has 2 nitrogen and oxygen atoms in total. The minimum atomic E-state index is 0.0520. The van der Waals surface area contributed by atoms with Crippen molar-refractivity contribution in [1.29, 1.82) is 0 Å². The van der Waals surface area contributed by atoms with Crippen LogP contribution < -0.4 is 5.56 Å². The third-order valence-corrected chi connectivity index (χ3v) is 2.02. The topological polar surface area (TPSA) is 22.0 Å². The molecule has 0 aromatic carbocycles. The number of hydrogen-bond donors (Lipinski definition) is 0. The van der Waals surface area contributed by atoms with Crippen molar-refractivity contribution >= 4 is 0 Å². The lowest BCUT2D eigenvalue weighted by Gasteiger charge is -1.94. The van der Waals surface area contributed by atoms with Crippen molar-refractivity contribution in [3.05, 3.63) is 46.8 Å². The molecule has 0 N–H and O–H groups in total. The molecule has 0 atom stereocenters. The van der Waals surface area contributed by atoms with Gasteiger partial charge in [-0.3, -0.25) is 4.79 Å². The van der Waals surface area contributed by atoms with Gasteiger partial charge in [0.25, 0.3) is 5.56 Å². The van der Waals surface area contributed by atoms with Crippen LogP contribution in [0.2, 0.25) is 0 Å². The van der Waals surface area contributed by atoms with Crippen LogP contribution in [0.25, 0.3) is 11.3 Å². The molecule has 0 saturated heterocycles. The van der Waals surface area contributed by atoms with E-state index in [9.17, 15) is 4.79 Å². The van der Waals surface area contributed by atoms with E-state index in [2.05, 4.69) is 0 Å². The maximum atomic E-state index is 11.2. The van der Waals surface area contributed by atoms with Crippen molar-refractivity contribution in [3.8, 4) is 11.3 Å². The van der Waals surface area contributed by atoms with Crippen LogP contribution in [-0.2, 0) is 7.05 Å². The van der Waals surface area contributed by atoms with Crippen LogP contribution >= 0.6 is 0 Å². The van der Waals surface area contributed by atoms with E-state index < -0.39 is 0 Å². The molecule has 60 valence electrons. The minimum Gasteiger partial charge on any atom is -0.311 e. The van der Waals surface area contributed by atoms with E-state index in [1.807, 2.05) is 30.3 Å². The molecule has 0 bridgehead atoms. The highest BCUT2D eigenvalue weighted by Gasteiger charge is 2.05. The summed E-state index contributed by atoms with van der Waals surface area (Å²) in [6.45, 7) is 0. The average Bonchev–Trinajstić information content (AvgIpc) is 2.30. The Morgan fingerprint density at radius 1 is 1.17 bits per heavy atom. The zero-order valence-electron chi connectivity index (χ0n) is 6.82. The van der Waals surface area contributed by atoms with E-state index in [4.69, 9.17) is 0 Å². The Bertz CT molecular complexity index is 430. The molecule has 12 heavy (non-hydrogen) atoms. The van der Waals surface area contributed by atoms with Gasteiger partial charge in [-0.15, -0.1) is 0 Å². The summed E-state index contributed by atoms with van der Waals surface area (Å²) in [5, 5.41) is 0. The second-order valence-electron chi connectivity index (χ2n) is 2.79. The zero-order valence-corrected chi connectivity index (χ0v) is 6.82. The Morgan fingerprint density at radius 2 is 1.92 bits per heavy atom. The van der Waals surface area contributed by atoms with E-state index in [1.54, 1.807) is 17.7 Å². The first-order valence-electron chi connectivity index (χ1n) is 3.84. The van der Waals surface area contributed by atoms with E-state index >= 15 is 0 Å². The highest BCUT2D eigenvalue weighted by Crippen LogP contribution is 2.16. The zero-order chi connectivity index (χ0) is 8.55. The second-order valence-corrected chi connectivity index (χ2v) is 2.79. The first-order valence-corrected chi connectivity index (χ1v) is 3.84. The fraction of sp³-hybridized carbons (Fsp3) is 0.100. The highest BCUT2D eigenvalue weighted by atomic mass is 16.1. The summed E-state index contributed by atoms with van der Waals surface area (Å²) < 4.78 is 1.65. The molecule has 0 aromatic heterocycles. The van der Waals surface area contributed by atoms with Crippen molar-refractivity contribution in [2.45, 2.75) is 0 Å². The van der Waals surface area contributed by atoms with Crippen molar-refractivity contribution < 1.29 is 0 Å². The summed E-state index contributed by atoms with van der Waals surface area (Å²) in [6.07, 6.45) is 0. The Balaban J connectivity index is 2.88. The summed E-state index contributed by atoms with van der Waals surface area (Å²) in [7, 11) is 1.78. The normalized spacial score (nSPS) is 10.4. The summed E-state index contributed by atoms with van der Waals surface area (Å²) in [4.78, 5) is 11.2. The summed E-state index contributed by atoms with van der Waals surface area (Å²) in [5.74, 6) is 0. The maximum Gasteiger partial charge on any atom is 0.251 e. The monoisotopic (exact) mass is 159 g/mol. The fourth-order valence-electron chi connectivity index (χ4n) is 1.33. The third-order valence-electron chi connectivity index (χ3n) is 2.02. The second kappa shape index (κ2) is 2.48. The molecular formula is C10H9NO. The lowest BCUT2D eigenvalue weighted by molar-refractivity contribution is 0.898. The van der Waals surface area contributed by atoms with Crippen molar-refractivity contribution in [1.82, 2.24) is 4.57 Å². The molecule has 2 rings (SSSR count). The summed E-state index contributed by atoms with van der Waals surface area (Å²) in [6, 6.07) is 11.3. The van der Waals surface area contributed by atoms with Gasteiger partial charge in [-0.1, -0.05) is 24.3 Å². The molecule has 1 aliphatic carbocycles. The molecule has 0 spiro atoms. The molecule has 2 aliphatic rings. The molecule has 1 heterocycles. The number of fused-ring (bicyclic) bond motifs is 1. The van der Waals surface area contributed by atoms with E-state index in [-0.39, 0.29) is 5.56 Å². The van der Waals surface area contributed by atoms with Gasteiger partial charge in [0.15, 0.2) is 0 Å². The minimum absolute atomic E-state index is 0.0520. The third kappa shape index (κ3) is 0.925. The molecule has 0 amide bonds. The van der Waals surface area contributed by atoms with E-state index in [0.717, 1.165) is 11.3 Å². The first-order chi connectivity index (χ1) is 5.79. The predicted molar refractivity (Wildman–Crippen MR) is 48.3 cm³/mol. The van der Waals surface area contributed by atoms with Crippen molar-refractivity contribution in [3.63, 3.8) is 0 Å². The van der Waals surface area contributed by atoms with Crippen molar-refractivity contribution in [2.75, 3.05) is 0 Å². The van der Waals surface area contributed by atoms with Gasteiger partial charge in [0, 0.05) is 18.7 Å². The number of rotatable bonds is 0. The Labute approximate surface area is 70.4 Å². The maximum absolute atomic E-state index is 11.2. The molecule has 0 fully saturated rings. The fourth-order valence-corrected chi connectivity index (χ4v) is 1.33. The summed E-state index contributed by atoms with van der Waals surface area (Å²) in [5.41, 5.74) is 2.02. The predicted octanol–water partition coefficient (Wildman–Crippen LogP) is 1.49. The number of nitrogens with zero attached hydrogens (tertiary/aromatic N) is 1. The van der Waals surface area contributed by atoms with Gasteiger partial charge in [0.05, 0.1) is 5.69 Å². The van der Waals surface area contributed by atoms with Crippen LogP contribution in [0.5, 0.6) is 0 Å². The van der Waals surface area contributed by atoms with Crippen LogP contribution in [0.1, 0.15) is 0 Å². The van der Waals surface area contributed by atoms with Gasteiger partial charge in [-0.2, -0.15) is 0 Å². The van der Waals surface area contributed by atoms with Gasteiger partial charge >= 0.3 is 0 Å². The average molecular weight is 159 g/mol. The van der Waals surface area contributed by atoms with Gasteiger partial charge in [-0.25, -0.2) is 0 Å². The van der Waals surface area contributed by atoms with Gasteiger partial charge < -0.3 is 4.57 Å². The standard InChI is InChI=1S/C10H9NO/c1-11-9-6-4-2-3-5-8(9)7-10(11)12/h2-7H,1H3. The Morgan fingerprint density at radius 3 is 2.75 bits per heavy atom. The Hall–Kier alpha value is -1.57. The van der Waals surface area contributed by atoms with Crippen LogP contribution in [0.4, 0.5) is 0 Å². The number of hydrogen-bond acceptors (Lipinski definition) is 1. The van der Waals surface area contributed by atoms with Crippen molar-refractivity contribution in [2.24, 2.45) is 7.05 Å². The van der Waals surface area contributed by atoms with Crippen LogP contribution in [-0.4, -0.2) is 4.57 Å². The van der Waals surface area contributed by atoms with Crippen LogP contribution in [0.3, 0.4) is 0 Å². The lowest BCUT2D eigenvalue weighted by atomic mass is 10.2. The van der Waals surface area contributed by atoms with E-state index in [1.165, 1.54) is 0 Å². The molecule has 2 heteroatoms. The quantitative estimate of drug-likeness (QED) is 0.570. The van der Waals surface area contributed by atoms with Crippen LogP contribution in [0, 0.1) is 0 Å². The lowest BCUT2D eigenvalue weighted by Crippen LogP contribution is -2.08. The molecule has 0 aromatic rings. The molecule has 0 saturated carbocycles. The van der Waals surface area contributed by atoms with Gasteiger partial charge in [0.1, 0.15) is 0 Å². The molecular weight excluding hydrogens is 150 g/mol. The first kappa shape index (κ1) is 7.10. The van der Waals surface area contributed by atoms with E-state index in [0.29, 0.717) is 0 Å². The van der Waals surface area contributed by atoms with Gasteiger partial charge in [0.2, 0.25) is 0 Å².